The van der Waals surface area contributed by atoms with Gasteiger partial charge >= 0.3 is 0 Å². The van der Waals surface area contributed by atoms with Crippen molar-refractivity contribution >= 4 is 22.5 Å². The van der Waals surface area contributed by atoms with E-state index in [9.17, 15) is 9.59 Å². The summed E-state index contributed by atoms with van der Waals surface area (Å²) in [5.74, 6) is -0.348. The number of anilines is 1. The number of nitrogens with zero attached hydrogens (tertiary/aromatic N) is 3. The molecule has 6 nitrogen and oxygen atoms in total. The molecular formula is C18H18N4O2. The van der Waals surface area contributed by atoms with Crippen LogP contribution >= 0.6 is 0 Å². The van der Waals surface area contributed by atoms with Crippen molar-refractivity contribution in [2.75, 3.05) is 5.32 Å². The maximum atomic E-state index is 12.8. The van der Waals surface area contributed by atoms with Crippen LogP contribution < -0.4 is 10.9 Å². The van der Waals surface area contributed by atoms with E-state index < -0.39 is 6.04 Å². The Hall–Kier alpha value is -3.02. The predicted octanol–water partition coefficient (Wildman–Crippen LogP) is 2.63. The molecule has 1 aromatic carbocycles. The summed E-state index contributed by atoms with van der Waals surface area (Å²) in [5.41, 5.74) is 0.990. The van der Waals surface area contributed by atoms with Crippen LogP contribution in [0.5, 0.6) is 0 Å². The third-order valence-corrected chi connectivity index (χ3v) is 3.82. The molecule has 1 unspecified atom stereocenters. The van der Waals surface area contributed by atoms with Crippen molar-refractivity contribution in [1.29, 1.82) is 0 Å². The number of fused-ring (bicyclic) bond motifs is 1. The second kappa shape index (κ2) is 6.62. The van der Waals surface area contributed by atoms with Crippen molar-refractivity contribution in [2.45, 2.75) is 19.9 Å². The minimum Gasteiger partial charge on any atom is -0.323 e. The number of carbonyl (C=O) groups excluding carboxylic acids is 1. The van der Waals surface area contributed by atoms with Crippen LogP contribution in [-0.2, 0) is 4.79 Å². The Kier molecular flexibility index (Phi) is 4.37. The lowest BCUT2D eigenvalue weighted by Crippen LogP contribution is -2.36. The Labute approximate surface area is 139 Å². The monoisotopic (exact) mass is 322 g/mol. The van der Waals surface area contributed by atoms with Gasteiger partial charge in [-0.1, -0.05) is 26.0 Å². The molecule has 122 valence electrons. The van der Waals surface area contributed by atoms with Crippen LogP contribution in [0, 0.1) is 5.92 Å². The van der Waals surface area contributed by atoms with Gasteiger partial charge in [-0.25, -0.2) is 4.98 Å². The largest absolute Gasteiger partial charge is 0.323 e. The number of pyridine rings is 1. The van der Waals surface area contributed by atoms with E-state index in [1.165, 1.54) is 10.9 Å². The summed E-state index contributed by atoms with van der Waals surface area (Å²) in [6, 6.07) is 9.95. The maximum absolute atomic E-state index is 12.8. The van der Waals surface area contributed by atoms with Gasteiger partial charge in [0.1, 0.15) is 6.04 Å². The summed E-state index contributed by atoms with van der Waals surface area (Å²) in [6.07, 6.45) is 4.64. The average molecular weight is 322 g/mol. The number of amides is 1. The van der Waals surface area contributed by atoms with Gasteiger partial charge in [0.25, 0.3) is 5.56 Å². The lowest BCUT2D eigenvalue weighted by Gasteiger charge is -2.22. The molecule has 0 aliphatic rings. The summed E-state index contributed by atoms with van der Waals surface area (Å²) in [6.45, 7) is 3.80. The fourth-order valence-corrected chi connectivity index (χ4v) is 2.68. The first-order valence-electron chi connectivity index (χ1n) is 7.74. The molecule has 1 N–H and O–H groups in total. The van der Waals surface area contributed by atoms with Gasteiger partial charge in [0, 0.05) is 6.20 Å². The smallest absolute Gasteiger partial charge is 0.261 e. The molecule has 3 rings (SSSR count). The zero-order valence-corrected chi connectivity index (χ0v) is 13.5. The van der Waals surface area contributed by atoms with Gasteiger partial charge in [0.2, 0.25) is 5.91 Å². The number of rotatable bonds is 4. The number of para-hydroxylation sites is 1. The highest BCUT2D eigenvalue weighted by molar-refractivity contribution is 5.94. The van der Waals surface area contributed by atoms with E-state index in [1.807, 2.05) is 19.9 Å². The topological polar surface area (TPSA) is 76.9 Å². The number of hydrogen-bond acceptors (Lipinski definition) is 4. The number of hydrogen-bond donors (Lipinski definition) is 1. The standard InChI is InChI=1S/C18H18N4O2/c1-12(2)16(17(23)21-13-6-5-9-19-10-13)22-11-20-15-8-4-3-7-14(15)18(22)24/h3-12,16H,1-2H3,(H,21,23). The van der Waals surface area contributed by atoms with Gasteiger partial charge in [-0.2, -0.15) is 0 Å². The van der Waals surface area contributed by atoms with Crippen LogP contribution in [0.3, 0.4) is 0 Å². The lowest BCUT2D eigenvalue weighted by atomic mass is 10.0. The number of aromatic nitrogens is 3. The molecule has 0 aliphatic heterocycles. The summed E-state index contributed by atoms with van der Waals surface area (Å²) < 4.78 is 1.40. The van der Waals surface area contributed by atoms with E-state index in [1.54, 1.807) is 42.7 Å². The zero-order chi connectivity index (χ0) is 17.1. The summed E-state index contributed by atoms with van der Waals surface area (Å²) in [4.78, 5) is 33.8. The van der Waals surface area contributed by atoms with Crippen LogP contribution in [0.4, 0.5) is 5.69 Å². The summed E-state index contributed by atoms with van der Waals surface area (Å²) in [7, 11) is 0. The molecule has 0 saturated heterocycles. The van der Waals surface area contributed by atoms with E-state index in [0.717, 1.165) is 0 Å². The third-order valence-electron chi connectivity index (χ3n) is 3.82. The second-order valence-electron chi connectivity index (χ2n) is 5.89. The van der Waals surface area contributed by atoms with E-state index in [2.05, 4.69) is 15.3 Å². The van der Waals surface area contributed by atoms with Crippen molar-refractivity contribution in [1.82, 2.24) is 14.5 Å². The van der Waals surface area contributed by atoms with Crippen LogP contribution in [0.25, 0.3) is 10.9 Å². The normalized spacial score (nSPS) is 12.3. The van der Waals surface area contributed by atoms with Crippen molar-refractivity contribution in [3.05, 3.63) is 65.5 Å². The molecule has 0 fully saturated rings. The van der Waals surface area contributed by atoms with Gasteiger partial charge in [0.05, 0.1) is 29.1 Å². The average Bonchev–Trinajstić information content (AvgIpc) is 2.58. The van der Waals surface area contributed by atoms with Gasteiger partial charge in [-0.3, -0.25) is 19.1 Å². The lowest BCUT2D eigenvalue weighted by molar-refractivity contribution is -0.120. The number of nitrogens with one attached hydrogen (secondary N) is 1. The molecule has 24 heavy (non-hydrogen) atoms. The molecule has 0 saturated carbocycles. The molecule has 6 heteroatoms. The maximum Gasteiger partial charge on any atom is 0.261 e. The molecule has 1 atom stereocenters. The second-order valence-corrected chi connectivity index (χ2v) is 5.89. The van der Waals surface area contributed by atoms with Gasteiger partial charge in [-0.05, 0) is 30.2 Å². The molecule has 0 spiro atoms. The van der Waals surface area contributed by atoms with E-state index in [0.29, 0.717) is 16.6 Å². The van der Waals surface area contributed by atoms with Crippen LogP contribution in [0.2, 0.25) is 0 Å². The highest BCUT2D eigenvalue weighted by Gasteiger charge is 2.26. The Balaban J connectivity index is 2.01. The SMILES string of the molecule is CC(C)C(C(=O)Nc1cccnc1)n1cnc2ccccc2c1=O. The summed E-state index contributed by atoms with van der Waals surface area (Å²) in [5, 5.41) is 3.31. The first-order chi connectivity index (χ1) is 11.6. The molecule has 2 aromatic heterocycles. The minimum atomic E-state index is -0.658. The van der Waals surface area contributed by atoms with Crippen molar-refractivity contribution in [3.63, 3.8) is 0 Å². The number of benzene rings is 1. The molecular weight excluding hydrogens is 304 g/mol. The van der Waals surface area contributed by atoms with E-state index >= 15 is 0 Å². The zero-order valence-electron chi connectivity index (χ0n) is 13.5. The van der Waals surface area contributed by atoms with Crippen LogP contribution in [0.1, 0.15) is 19.9 Å². The molecule has 0 aliphatic carbocycles. The fourth-order valence-electron chi connectivity index (χ4n) is 2.68. The Morgan fingerprint density at radius 1 is 1.17 bits per heavy atom. The van der Waals surface area contributed by atoms with Crippen LogP contribution in [-0.4, -0.2) is 20.4 Å². The van der Waals surface area contributed by atoms with E-state index in [4.69, 9.17) is 0 Å². The first kappa shape index (κ1) is 15.9. The summed E-state index contributed by atoms with van der Waals surface area (Å²) >= 11 is 0. The fraction of sp³-hybridized carbons (Fsp3) is 0.222. The first-order valence-corrected chi connectivity index (χ1v) is 7.74. The molecule has 0 radical (unpaired) electrons. The third kappa shape index (κ3) is 3.03. The quantitative estimate of drug-likeness (QED) is 0.801. The van der Waals surface area contributed by atoms with Gasteiger partial charge in [0.15, 0.2) is 0 Å². The van der Waals surface area contributed by atoms with E-state index in [-0.39, 0.29) is 17.4 Å². The van der Waals surface area contributed by atoms with Crippen molar-refractivity contribution in [3.8, 4) is 0 Å². The predicted molar refractivity (Wildman–Crippen MR) is 92.7 cm³/mol. The van der Waals surface area contributed by atoms with Gasteiger partial charge < -0.3 is 5.32 Å². The Morgan fingerprint density at radius 2 is 1.96 bits per heavy atom. The minimum absolute atomic E-state index is 0.0812. The Bertz CT molecular complexity index is 919. The molecule has 3 aromatic rings. The molecule has 2 heterocycles. The Morgan fingerprint density at radius 3 is 2.67 bits per heavy atom. The number of carbonyl (C=O) groups is 1. The van der Waals surface area contributed by atoms with Crippen molar-refractivity contribution in [2.24, 2.45) is 5.92 Å². The molecule has 1 amide bonds. The highest BCUT2D eigenvalue weighted by Crippen LogP contribution is 2.19. The molecule has 0 bridgehead atoms. The van der Waals surface area contributed by atoms with Crippen molar-refractivity contribution < 1.29 is 4.79 Å². The highest BCUT2D eigenvalue weighted by atomic mass is 16.2. The van der Waals surface area contributed by atoms with Gasteiger partial charge in [-0.15, -0.1) is 0 Å². The van der Waals surface area contributed by atoms with Crippen LogP contribution in [0.15, 0.2) is 59.9 Å².